The Kier molecular flexibility index (Phi) is 5.39. The number of hydrogen-bond donors (Lipinski definition) is 0. The molecule has 3 heteroatoms. The van der Waals surface area contributed by atoms with Crippen molar-refractivity contribution in [3.05, 3.63) is 157 Å². The molecule has 0 N–H and O–H groups in total. The first-order chi connectivity index (χ1) is 21.7. The minimum Gasteiger partial charge on any atom is -0.316 e. The molecule has 2 atom stereocenters. The fourth-order valence-electron chi connectivity index (χ4n) is 7.16. The summed E-state index contributed by atoms with van der Waals surface area (Å²) in [5, 5.41) is 7.08. The molecule has 1 aromatic heterocycles. The second kappa shape index (κ2) is 9.48. The number of amidine groups is 1. The highest BCUT2D eigenvalue weighted by atomic mass is 15.3. The van der Waals surface area contributed by atoms with Gasteiger partial charge in [-0.1, -0.05) is 140 Å². The number of aromatic nitrogens is 1. The molecule has 0 bridgehead atoms. The SMILES string of the molecule is CC12C=CC=CC1N(c1ccccc1)C(c1ccc(-c3c4ccc5ccccc5c4nc4c3ccc3ccccc34)cc1)=N2. The van der Waals surface area contributed by atoms with Crippen molar-refractivity contribution in [1.82, 2.24) is 4.98 Å². The maximum atomic E-state index is 5.35. The molecule has 1 aliphatic heterocycles. The molecule has 0 saturated heterocycles. The lowest BCUT2D eigenvalue weighted by atomic mass is 9.89. The number of hydrogen-bond acceptors (Lipinski definition) is 3. The lowest BCUT2D eigenvalue weighted by molar-refractivity contribution is 0.549. The molecular formula is C41H29N3. The second-order valence-electron chi connectivity index (χ2n) is 12.0. The first-order valence-electron chi connectivity index (χ1n) is 15.2. The minimum absolute atomic E-state index is 0.124. The third-order valence-electron chi connectivity index (χ3n) is 9.32. The van der Waals surface area contributed by atoms with Gasteiger partial charge in [-0.3, -0.25) is 4.99 Å². The van der Waals surface area contributed by atoms with Crippen LogP contribution in [0.25, 0.3) is 54.5 Å². The van der Waals surface area contributed by atoms with Gasteiger partial charge in [-0.05, 0) is 35.4 Å². The molecule has 0 spiro atoms. The lowest BCUT2D eigenvalue weighted by Crippen LogP contribution is -2.44. The molecule has 1 aliphatic carbocycles. The summed E-state index contributed by atoms with van der Waals surface area (Å²) in [5.74, 6) is 0.993. The Labute approximate surface area is 256 Å². The van der Waals surface area contributed by atoms with E-state index in [1.54, 1.807) is 0 Å². The normalized spacial score (nSPS) is 19.2. The van der Waals surface area contributed by atoms with Crippen LogP contribution in [0.1, 0.15) is 12.5 Å². The van der Waals surface area contributed by atoms with Crippen molar-refractivity contribution in [2.45, 2.75) is 18.5 Å². The number of aliphatic imine (C=N–C) groups is 1. The fourth-order valence-corrected chi connectivity index (χ4v) is 7.16. The molecule has 2 aliphatic rings. The molecular weight excluding hydrogens is 534 g/mol. The van der Waals surface area contributed by atoms with Gasteiger partial charge in [0.25, 0.3) is 0 Å². The van der Waals surface area contributed by atoms with Crippen LogP contribution in [0.2, 0.25) is 0 Å². The van der Waals surface area contributed by atoms with Crippen LogP contribution in [0.15, 0.2) is 157 Å². The van der Waals surface area contributed by atoms with Crippen molar-refractivity contribution < 1.29 is 0 Å². The summed E-state index contributed by atoms with van der Waals surface area (Å²) in [7, 11) is 0. The van der Waals surface area contributed by atoms with Crippen molar-refractivity contribution in [3.8, 4) is 11.1 Å². The highest BCUT2D eigenvalue weighted by Gasteiger charge is 2.44. The van der Waals surface area contributed by atoms with Crippen LogP contribution >= 0.6 is 0 Å². The molecule has 7 aromatic rings. The first-order valence-corrected chi connectivity index (χ1v) is 15.2. The van der Waals surface area contributed by atoms with E-state index in [-0.39, 0.29) is 11.6 Å². The zero-order valence-corrected chi connectivity index (χ0v) is 24.4. The molecule has 0 fully saturated rings. The highest BCUT2D eigenvalue weighted by Crippen LogP contribution is 2.41. The highest BCUT2D eigenvalue weighted by molar-refractivity contribution is 6.21. The number of nitrogens with zero attached hydrogens (tertiary/aromatic N) is 3. The molecule has 2 unspecified atom stereocenters. The van der Waals surface area contributed by atoms with Crippen LogP contribution in [0.3, 0.4) is 0 Å². The molecule has 0 radical (unpaired) electrons. The summed E-state index contributed by atoms with van der Waals surface area (Å²) in [6, 6.07) is 45.8. The van der Waals surface area contributed by atoms with Crippen molar-refractivity contribution in [2.75, 3.05) is 4.90 Å². The quantitative estimate of drug-likeness (QED) is 0.158. The zero-order chi connectivity index (χ0) is 29.3. The van der Waals surface area contributed by atoms with Gasteiger partial charge in [0.15, 0.2) is 0 Å². The number of benzene rings is 6. The molecule has 0 amide bonds. The summed E-state index contributed by atoms with van der Waals surface area (Å²) >= 11 is 0. The van der Waals surface area contributed by atoms with Gasteiger partial charge < -0.3 is 4.90 Å². The summed E-state index contributed by atoms with van der Waals surface area (Å²) in [6.45, 7) is 2.22. The monoisotopic (exact) mass is 563 g/mol. The largest absolute Gasteiger partial charge is 0.316 e. The summed E-state index contributed by atoms with van der Waals surface area (Å²) in [4.78, 5) is 13.1. The van der Waals surface area contributed by atoms with E-state index in [1.807, 2.05) is 0 Å². The summed E-state index contributed by atoms with van der Waals surface area (Å²) in [6.07, 6.45) is 8.74. The molecule has 6 aromatic carbocycles. The Hall–Kier alpha value is -5.54. The third kappa shape index (κ3) is 3.69. The van der Waals surface area contributed by atoms with Crippen molar-refractivity contribution in [3.63, 3.8) is 0 Å². The van der Waals surface area contributed by atoms with Gasteiger partial charge in [-0.15, -0.1) is 0 Å². The molecule has 44 heavy (non-hydrogen) atoms. The van der Waals surface area contributed by atoms with Crippen molar-refractivity contribution >= 4 is 54.9 Å². The first kappa shape index (κ1) is 25.0. The topological polar surface area (TPSA) is 28.5 Å². The predicted octanol–water partition coefficient (Wildman–Crippen LogP) is 9.88. The summed E-state index contributed by atoms with van der Waals surface area (Å²) in [5.41, 5.74) is 6.40. The Balaban J connectivity index is 1.26. The zero-order valence-electron chi connectivity index (χ0n) is 24.4. The number of pyridine rings is 1. The van der Waals surface area contributed by atoms with Crippen LogP contribution in [-0.4, -0.2) is 22.4 Å². The number of rotatable bonds is 3. The molecule has 208 valence electrons. The summed E-state index contributed by atoms with van der Waals surface area (Å²) < 4.78 is 0. The standard InChI is InChI=1S/C41H29N3/c1-41-26-10-9-17-36(41)44(31-13-3-2-4-14-31)40(43-41)30-20-18-29(19-21-30)37-34-24-22-27-11-5-7-15-32(27)38(34)42-39-33-16-8-6-12-28(33)23-25-35(37)39/h2-26,36H,1H3. The molecule has 3 nitrogen and oxygen atoms in total. The van der Waals surface area contributed by atoms with Gasteiger partial charge >= 0.3 is 0 Å². The third-order valence-corrected chi connectivity index (χ3v) is 9.32. The second-order valence-corrected chi connectivity index (χ2v) is 12.0. The number of allylic oxidation sites excluding steroid dienone is 2. The van der Waals surface area contributed by atoms with Gasteiger partial charge in [0, 0.05) is 38.4 Å². The van der Waals surface area contributed by atoms with Crippen LogP contribution in [0.4, 0.5) is 5.69 Å². The van der Waals surface area contributed by atoms with Gasteiger partial charge in [-0.25, -0.2) is 4.98 Å². The fraction of sp³-hybridized carbons (Fsp3) is 0.0732. The van der Waals surface area contributed by atoms with Crippen LogP contribution < -0.4 is 4.90 Å². The Morgan fingerprint density at radius 3 is 1.82 bits per heavy atom. The molecule has 0 saturated carbocycles. The molecule has 2 heterocycles. The van der Waals surface area contributed by atoms with Crippen LogP contribution in [-0.2, 0) is 0 Å². The van der Waals surface area contributed by atoms with E-state index in [0.29, 0.717) is 0 Å². The maximum absolute atomic E-state index is 5.35. The Morgan fingerprint density at radius 1 is 0.568 bits per heavy atom. The van der Waals surface area contributed by atoms with Crippen LogP contribution in [0, 0.1) is 0 Å². The van der Waals surface area contributed by atoms with E-state index in [2.05, 4.69) is 164 Å². The van der Waals surface area contributed by atoms with E-state index in [0.717, 1.165) is 38.9 Å². The van der Waals surface area contributed by atoms with Crippen molar-refractivity contribution in [2.24, 2.45) is 4.99 Å². The number of para-hydroxylation sites is 1. The lowest BCUT2D eigenvalue weighted by Gasteiger charge is -2.33. The average Bonchev–Trinajstić information content (AvgIpc) is 3.40. The van der Waals surface area contributed by atoms with E-state index in [4.69, 9.17) is 9.98 Å². The van der Waals surface area contributed by atoms with E-state index >= 15 is 0 Å². The van der Waals surface area contributed by atoms with Gasteiger partial charge in [-0.2, -0.15) is 0 Å². The van der Waals surface area contributed by atoms with Gasteiger partial charge in [0.1, 0.15) is 11.4 Å². The Morgan fingerprint density at radius 2 is 1.16 bits per heavy atom. The van der Waals surface area contributed by atoms with Crippen LogP contribution in [0.5, 0.6) is 0 Å². The number of anilines is 1. The van der Waals surface area contributed by atoms with E-state index in [9.17, 15) is 0 Å². The Bertz CT molecular complexity index is 2260. The van der Waals surface area contributed by atoms with E-state index < -0.39 is 0 Å². The molecule has 9 rings (SSSR count). The van der Waals surface area contributed by atoms with E-state index in [1.165, 1.54) is 32.7 Å². The smallest absolute Gasteiger partial charge is 0.137 e. The predicted molar refractivity (Wildman–Crippen MR) is 186 cm³/mol. The van der Waals surface area contributed by atoms with Crippen molar-refractivity contribution in [1.29, 1.82) is 0 Å². The van der Waals surface area contributed by atoms with Gasteiger partial charge in [0.2, 0.25) is 0 Å². The van der Waals surface area contributed by atoms with Gasteiger partial charge in [0.05, 0.1) is 17.1 Å². The average molecular weight is 564 g/mol. The maximum Gasteiger partial charge on any atom is 0.137 e. The number of fused-ring (bicyclic) bond motifs is 7. The minimum atomic E-state index is -0.321.